The van der Waals surface area contributed by atoms with Crippen LogP contribution in [0.25, 0.3) is 0 Å². The van der Waals surface area contributed by atoms with Crippen LogP contribution in [0.4, 0.5) is 0 Å². The highest BCUT2D eigenvalue weighted by Crippen LogP contribution is 2.12. The second-order valence-electron chi connectivity index (χ2n) is 2.09. The molecule has 1 unspecified atom stereocenters. The highest BCUT2D eigenvalue weighted by molar-refractivity contribution is 5.79. The van der Waals surface area contributed by atoms with Gasteiger partial charge in [0.05, 0.1) is 6.61 Å². The van der Waals surface area contributed by atoms with E-state index in [1.807, 2.05) is 0 Å². The molecule has 0 rings (SSSR count). The molecule has 0 bridgehead atoms. The molecule has 0 aromatic carbocycles. The number of rotatable bonds is 4. The monoisotopic (exact) mass is 173 g/mol. The van der Waals surface area contributed by atoms with E-state index in [1.165, 1.54) is 6.92 Å². The zero-order chi connectivity index (χ0) is 9.61. The van der Waals surface area contributed by atoms with Crippen LogP contribution in [0.3, 0.4) is 0 Å². The molecule has 12 heavy (non-hydrogen) atoms. The Kier molecular flexibility index (Phi) is 4.18. The van der Waals surface area contributed by atoms with Gasteiger partial charge < -0.3 is 9.84 Å². The Hall–Kier alpha value is -1.19. The Balaban J connectivity index is 4.50. The van der Waals surface area contributed by atoms with Gasteiger partial charge in [0.1, 0.15) is 0 Å². The van der Waals surface area contributed by atoms with E-state index in [2.05, 4.69) is 9.73 Å². The number of isocyanates is 1. The zero-order valence-electron chi connectivity index (χ0n) is 7.03. The third-order valence-electron chi connectivity index (χ3n) is 1.33. The van der Waals surface area contributed by atoms with Crippen LogP contribution in [-0.4, -0.2) is 29.5 Å². The van der Waals surface area contributed by atoms with E-state index in [-0.39, 0.29) is 13.0 Å². The summed E-state index contributed by atoms with van der Waals surface area (Å²) in [6.07, 6.45) is 1.11. The van der Waals surface area contributed by atoms with Crippen molar-refractivity contribution in [2.75, 3.05) is 6.61 Å². The van der Waals surface area contributed by atoms with Crippen LogP contribution in [0.15, 0.2) is 4.99 Å². The van der Waals surface area contributed by atoms with Gasteiger partial charge in [0.15, 0.2) is 0 Å². The van der Waals surface area contributed by atoms with Crippen LogP contribution in [0.5, 0.6) is 0 Å². The van der Waals surface area contributed by atoms with Gasteiger partial charge in [0.2, 0.25) is 6.08 Å². The van der Waals surface area contributed by atoms with Gasteiger partial charge >= 0.3 is 5.97 Å². The van der Waals surface area contributed by atoms with E-state index in [9.17, 15) is 14.7 Å². The molecule has 1 atom stereocenters. The molecule has 68 valence electrons. The quantitative estimate of drug-likeness (QED) is 0.368. The summed E-state index contributed by atoms with van der Waals surface area (Å²) in [4.78, 5) is 23.7. The summed E-state index contributed by atoms with van der Waals surface area (Å²) in [5, 5.41) is 9.32. The number of hydrogen-bond donors (Lipinski definition) is 1. The van der Waals surface area contributed by atoms with Crippen molar-refractivity contribution in [3.8, 4) is 0 Å². The lowest BCUT2D eigenvalue weighted by Gasteiger charge is -2.16. The minimum absolute atomic E-state index is 0.0128. The number of aliphatic hydroxyl groups is 1. The van der Waals surface area contributed by atoms with Crippen LogP contribution < -0.4 is 0 Å². The molecule has 0 saturated heterocycles. The van der Waals surface area contributed by atoms with E-state index in [1.54, 1.807) is 6.92 Å². The minimum atomic E-state index is -2.06. The van der Waals surface area contributed by atoms with E-state index in [4.69, 9.17) is 0 Å². The molecular formula is C7H11NO4. The fourth-order valence-electron chi connectivity index (χ4n) is 0.591. The Morgan fingerprint density at radius 1 is 1.67 bits per heavy atom. The Labute approximate surface area is 70.1 Å². The molecule has 0 spiro atoms. The summed E-state index contributed by atoms with van der Waals surface area (Å²) >= 11 is 0. The topological polar surface area (TPSA) is 76.0 Å². The maximum Gasteiger partial charge on any atom is 0.362 e. The van der Waals surface area contributed by atoms with Crippen molar-refractivity contribution in [2.45, 2.75) is 26.0 Å². The van der Waals surface area contributed by atoms with E-state index >= 15 is 0 Å². The zero-order valence-corrected chi connectivity index (χ0v) is 7.03. The summed E-state index contributed by atoms with van der Waals surface area (Å²) in [5.74, 6) is -0.921. The van der Waals surface area contributed by atoms with Gasteiger partial charge in [0.25, 0.3) is 5.72 Å². The van der Waals surface area contributed by atoms with Crippen LogP contribution in [0, 0.1) is 0 Å². The highest BCUT2D eigenvalue weighted by Gasteiger charge is 2.35. The maximum absolute atomic E-state index is 10.9. The molecule has 5 heteroatoms. The first-order chi connectivity index (χ1) is 5.60. The van der Waals surface area contributed by atoms with Crippen LogP contribution in [0.2, 0.25) is 0 Å². The Morgan fingerprint density at radius 2 is 2.25 bits per heavy atom. The van der Waals surface area contributed by atoms with Crippen molar-refractivity contribution in [1.82, 2.24) is 0 Å². The van der Waals surface area contributed by atoms with Crippen LogP contribution in [-0.2, 0) is 14.3 Å². The first kappa shape index (κ1) is 10.8. The molecule has 0 aliphatic heterocycles. The van der Waals surface area contributed by atoms with E-state index in [0.29, 0.717) is 0 Å². The fourth-order valence-corrected chi connectivity index (χ4v) is 0.591. The van der Waals surface area contributed by atoms with Gasteiger partial charge in [-0.25, -0.2) is 9.59 Å². The van der Waals surface area contributed by atoms with Crippen molar-refractivity contribution in [3.63, 3.8) is 0 Å². The van der Waals surface area contributed by atoms with Gasteiger partial charge in [-0.2, -0.15) is 4.99 Å². The SMILES string of the molecule is CCOC(=O)C(O)(CC)N=C=O. The van der Waals surface area contributed by atoms with Crippen molar-refractivity contribution in [3.05, 3.63) is 0 Å². The molecule has 0 aliphatic rings. The molecule has 0 aliphatic carbocycles. The number of nitrogens with zero attached hydrogens (tertiary/aromatic N) is 1. The fraction of sp³-hybridized carbons (Fsp3) is 0.714. The van der Waals surface area contributed by atoms with Crippen molar-refractivity contribution in [1.29, 1.82) is 0 Å². The molecule has 0 saturated carbocycles. The average molecular weight is 173 g/mol. The second-order valence-corrected chi connectivity index (χ2v) is 2.09. The number of carbonyl (C=O) groups is 1. The first-order valence-electron chi connectivity index (χ1n) is 3.59. The lowest BCUT2D eigenvalue weighted by molar-refractivity contribution is -0.164. The van der Waals surface area contributed by atoms with Crippen molar-refractivity contribution < 1.29 is 19.4 Å². The van der Waals surface area contributed by atoms with Crippen molar-refractivity contribution in [2.24, 2.45) is 4.99 Å². The summed E-state index contributed by atoms with van der Waals surface area (Å²) in [6, 6.07) is 0. The molecule has 5 nitrogen and oxygen atoms in total. The summed E-state index contributed by atoms with van der Waals surface area (Å²) in [7, 11) is 0. The Morgan fingerprint density at radius 3 is 2.58 bits per heavy atom. The highest BCUT2D eigenvalue weighted by atomic mass is 16.6. The summed E-state index contributed by atoms with van der Waals surface area (Å²) in [5.41, 5.74) is -2.06. The third-order valence-corrected chi connectivity index (χ3v) is 1.33. The predicted molar refractivity (Wildman–Crippen MR) is 40.0 cm³/mol. The number of esters is 1. The number of hydrogen-bond acceptors (Lipinski definition) is 5. The van der Waals surface area contributed by atoms with E-state index in [0.717, 1.165) is 6.08 Å². The predicted octanol–water partition coefficient (Wildman–Crippen LogP) is -0.0161. The Bertz CT molecular complexity index is 209. The minimum Gasteiger partial charge on any atom is -0.462 e. The lowest BCUT2D eigenvalue weighted by atomic mass is 10.2. The van der Waals surface area contributed by atoms with Gasteiger partial charge in [-0.1, -0.05) is 6.92 Å². The largest absolute Gasteiger partial charge is 0.462 e. The van der Waals surface area contributed by atoms with Gasteiger partial charge in [-0.05, 0) is 6.92 Å². The molecule has 0 amide bonds. The average Bonchev–Trinajstić information content (AvgIpc) is 2.05. The normalized spacial score (nSPS) is 14.2. The molecule has 0 aromatic heterocycles. The lowest BCUT2D eigenvalue weighted by Crippen LogP contribution is -2.37. The number of aliphatic imine (C=N–C) groups is 1. The number of carbonyl (C=O) groups excluding carboxylic acids is 2. The van der Waals surface area contributed by atoms with Gasteiger partial charge in [-0.15, -0.1) is 0 Å². The van der Waals surface area contributed by atoms with Crippen LogP contribution in [0.1, 0.15) is 20.3 Å². The molecule has 1 N–H and O–H groups in total. The second kappa shape index (κ2) is 4.64. The maximum atomic E-state index is 10.9. The standard InChI is InChI=1S/C7H11NO4/c1-3-7(11,8-5-9)6(10)12-4-2/h11H,3-4H2,1-2H3. The number of ether oxygens (including phenoxy) is 1. The molecule has 0 radical (unpaired) electrons. The summed E-state index contributed by atoms with van der Waals surface area (Å²) < 4.78 is 4.49. The smallest absolute Gasteiger partial charge is 0.362 e. The van der Waals surface area contributed by atoms with E-state index < -0.39 is 11.7 Å². The third kappa shape index (κ3) is 2.45. The molecule has 0 aromatic rings. The molecular weight excluding hydrogens is 162 g/mol. The van der Waals surface area contributed by atoms with Crippen LogP contribution >= 0.6 is 0 Å². The molecule has 0 heterocycles. The summed E-state index contributed by atoms with van der Waals surface area (Å²) in [6.45, 7) is 3.24. The van der Waals surface area contributed by atoms with Crippen molar-refractivity contribution >= 4 is 12.0 Å². The van der Waals surface area contributed by atoms with Gasteiger partial charge in [0, 0.05) is 6.42 Å². The molecule has 0 fully saturated rings. The first-order valence-corrected chi connectivity index (χ1v) is 3.59. The van der Waals surface area contributed by atoms with Gasteiger partial charge in [-0.3, -0.25) is 0 Å².